The van der Waals surface area contributed by atoms with Gasteiger partial charge >= 0.3 is 11.9 Å². The molecule has 366 valence electrons. The van der Waals surface area contributed by atoms with Crippen molar-refractivity contribution >= 4 is 71.0 Å². The maximum Gasteiger partial charge on any atom is 0.326 e. The maximum atomic E-state index is 14.2. The normalized spacial score (nSPS) is 18.6. The molecule has 0 aliphatic carbocycles. The quantitative estimate of drug-likeness (QED) is 0.0537. The third-order valence-corrected chi connectivity index (χ3v) is 11.9. The number of phenols is 1. The molecule has 8 atom stereocenters. The number of benzene rings is 1. The van der Waals surface area contributed by atoms with Gasteiger partial charge in [0, 0.05) is 19.5 Å². The van der Waals surface area contributed by atoms with Crippen LogP contribution < -0.4 is 38.1 Å². The van der Waals surface area contributed by atoms with Gasteiger partial charge in [0.05, 0.1) is 18.9 Å². The number of likely N-dealkylation sites (tertiary alicyclic amines) is 2. The van der Waals surface area contributed by atoms with Gasteiger partial charge in [-0.05, 0) is 80.1 Å². The molecule has 8 amide bonds. The number of rotatable bonds is 25. The highest BCUT2D eigenvalue weighted by atomic mass is 32.2. The Balaban J connectivity index is 1.82. The van der Waals surface area contributed by atoms with Crippen LogP contribution in [0.15, 0.2) is 24.3 Å². The van der Waals surface area contributed by atoms with Crippen molar-refractivity contribution in [2.75, 3.05) is 25.1 Å². The molecule has 2 aliphatic heterocycles. The molecule has 0 saturated carbocycles. The Morgan fingerprint density at radius 1 is 0.712 bits per heavy atom. The number of thioether (sulfide) groups is 1. The Labute approximate surface area is 387 Å². The number of carbonyl (C=O) groups is 10. The second-order valence-electron chi connectivity index (χ2n) is 17.3. The van der Waals surface area contributed by atoms with Gasteiger partial charge in [0.2, 0.25) is 47.3 Å². The van der Waals surface area contributed by atoms with Crippen LogP contribution in [0.5, 0.6) is 5.75 Å². The van der Waals surface area contributed by atoms with Gasteiger partial charge in [-0.15, -0.1) is 0 Å². The fourth-order valence-electron chi connectivity index (χ4n) is 7.79. The Morgan fingerprint density at radius 2 is 1.23 bits per heavy atom. The highest BCUT2D eigenvalue weighted by molar-refractivity contribution is 7.98. The summed E-state index contributed by atoms with van der Waals surface area (Å²) in [7, 11) is 0. The Kier molecular flexibility index (Phi) is 21.1. The maximum absolute atomic E-state index is 14.2. The van der Waals surface area contributed by atoms with Crippen LogP contribution >= 0.6 is 11.8 Å². The van der Waals surface area contributed by atoms with Crippen LogP contribution in [0.4, 0.5) is 0 Å². The van der Waals surface area contributed by atoms with Crippen molar-refractivity contribution in [2.24, 2.45) is 23.3 Å². The number of amides is 8. The molecule has 3 rings (SSSR count). The van der Waals surface area contributed by atoms with Crippen molar-refractivity contribution in [1.29, 1.82) is 0 Å². The van der Waals surface area contributed by atoms with E-state index < -0.39 is 126 Å². The average Bonchev–Trinajstić information content (AvgIpc) is 3.94. The van der Waals surface area contributed by atoms with Gasteiger partial charge in [-0.2, -0.15) is 11.8 Å². The molecule has 2 saturated heterocycles. The minimum absolute atomic E-state index is 0.0189. The lowest BCUT2D eigenvalue weighted by atomic mass is 10.0. The lowest BCUT2D eigenvalue weighted by Crippen LogP contribution is -2.60. The van der Waals surface area contributed by atoms with E-state index in [-0.39, 0.29) is 50.4 Å². The molecule has 22 nitrogen and oxygen atoms in total. The van der Waals surface area contributed by atoms with Crippen LogP contribution in [0.3, 0.4) is 0 Å². The van der Waals surface area contributed by atoms with Crippen molar-refractivity contribution < 1.29 is 63.3 Å². The van der Waals surface area contributed by atoms with Crippen molar-refractivity contribution in [3.63, 3.8) is 0 Å². The van der Waals surface area contributed by atoms with E-state index in [1.807, 2.05) is 6.26 Å². The van der Waals surface area contributed by atoms with Crippen LogP contribution in [0.1, 0.15) is 84.6 Å². The summed E-state index contributed by atoms with van der Waals surface area (Å²) < 4.78 is 0. The fourth-order valence-corrected chi connectivity index (χ4v) is 8.28. The molecular formula is C43H65N9O13S. The molecule has 66 heavy (non-hydrogen) atoms. The Bertz CT molecular complexity index is 1940. The highest BCUT2D eigenvalue weighted by Gasteiger charge is 2.42. The van der Waals surface area contributed by atoms with Gasteiger partial charge in [-0.1, -0.05) is 39.8 Å². The van der Waals surface area contributed by atoms with Crippen molar-refractivity contribution in [3.8, 4) is 5.75 Å². The van der Waals surface area contributed by atoms with E-state index in [4.69, 9.17) is 11.5 Å². The molecule has 1 aromatic rings. The number of aliphatic carboxylic acids is 2. The number of hydrogen-bond acceptors (Lipinski definition) is 13. The van der Waals surface area contributed by atoms with Gasteiger partial charge < -0.3 is 63.2 Å². The molecule has 12 N–H and O–H groups in total. The molecule has 0 radical (unpaired) electrons. The fraction of sp³-hybridized carbons (Fsp3) is 0.628. The number of phenolic OH excluding ortho intramolecular Hbond substituents is 1. The first-order valence-electron chi connectivity index (χ1n) is 21.9. The van der Waals surface area contributed by atoms with E-state index in [0.29, 0.717) is 30.6 Å². The van der Waals surface area contributed by atoms with Crippen LogP contribution in [-0.2, 0) is 54.4 Å². The first-order chi connectivity index (χ1) is 31.0. The smallest absolute Gasteiger partial charge is 0.326 e. The number of carboxylic acid groups (broad SMARTS) is 2. The second kappa shape index (κ2) is 25.7. The number of carboxylic acids is 2. The van der Waals surface area contributed by atoms with E-state index in [0.717, 1.165) is 4.90 Å². The van der Waals surface area contributed by atoms with E-state index >= 15 is 0 Å². The van der Waals surface area contributed by atoms with Gasteiger partial charge in [0.15, 0.2) is 0 Å². The first kappa shape index (κ1) is 54.4. The molecule has 2 aliphatic rings. The van der Waals surface area contributed by atoms with Crippen LogP contribution in [0.2, 0.25) is 0 Å². The van der Waals surface area contributed by atoms with Crippen molar-refractivity contribution in [3.05, 3.63) is 29.8 Å². The SMILES string of the molecule is CSCC[C@H](N)C(=O)N[C@@H](Cc1ccc(O)cc1)C(=O)N1CCC[C@H]1C(=O)N[C@@H](CC(=O)O)C(=O)N[C@@H](CC(C)C)C(=O)N[C@@H](CC(N)=O)C(=O)N1CCC[C@H]1C(=O)N[C@H](C(=O)O)C(C)C. The first-order valence-corrected chi connectivity index (χ1v) is 23.3. The monoisotopic (exact) mass is 947 g/mol. The summed E-state index contributed by atoms with van der Waals surface area (Å²) in [6.45, 7) is 6.74. The second-order valence-corrected chi connectivity index (χ2v) is 18.3. The summed E-state index contributed by atoms with van der Waals surface area (Å²) in [6.07, 6.45) is 1.42. The predicted octanol–water partition coefficient (Wildman–Crippen LogP) is -1.44. The number of aromatic hydroxyl groups is 1. The third-order valence-electron chi connectivity index (χ3n) is 11.2. The molecule has 0 unspecified atom stereocenters. The lowest BCUT2D eigenvalue weighted by Gasteiger charge is -2.31. The Morgan fingerprint density at radius 3 is 1.73 bits per heavy atom. The molecule has 23 heteroatoms. The van der Waals surface area contributed by atoms with Crippen LogP contribution in [-0.4, -0.2) is 158 Å². The minimum atomic E-state index is -1.77. The highest BCUT2D eigenvalue weighted by Crippen LogP contribution is 2.23. The predicted molar refractivity (Wildman–Crippen MR) is 240 cm³/mol. The number of carbonyl (C=O) groups excluding carboxylic acids is 8. The van der Waals surface area contributed by atoms with Gasteiger partial charge in [0.1, 0.15) is 48.0 Å². The topological polar surface area (TPSA) is 350 Å². The summed E-state index contributed by atoms with van der Waals surface area (Å²) >= 11 is 1.49. The van der Waals surface area contributed by atoms with E-state index in [1.165, 1.54) is 28.8 Å². The summed E-state index contributed by atoms with van der Waals surface area (Å²) in [6, 6.07) is -4.58. The lowest BCUT2D eigenvalue weighted by molar-refractivity contribution is -0.146. The van der Waals surface area contributed by atoms with Gasteiger partial charge in [0.25, 0.3) is 0 Å². The summed E-state index contributed by atoms with van der Waals surface area (Å²) in [4.78, 5) is 135. The average molecular weight is 948 g/mol. The van der Waals surface area contributed by atoms with Crippen molar-refractivity contribution in [2.45, 2.75) is 134 Å². The summed E-state index contributed by atoms with van der Waals surface area (Å²) in [5.41, 5.74) is 12.1. The molecule has 1 aromatic carbocycles. The molecule has 0 bridgehead atoms. The summed E-state index contributed by atoms with van der Waals surface area (Å²) in [5.74, 6) is -9.74. The zero-order chi connectivity index (χ0) is 49.4. The molecule has 2 fully saturated rings. The summed E-state index contributed by atoms with van der Waals surface area (Å²) in [5, 5.41) is 41.7. The van der Waals surface area contributed by atoms with Gasteiger partial charge in [-0.3, -0.25) is 43.2 Å². The van der Waals surface area contributed by atoms with Crippen LogP contribution in [0.25, 0.3) is 0 Å². The van der Waals surface area contributed by atoms with Crippen LogP contribution in [0, 0.1) is 11.8 Å². The zero-order valence-corrected chi connectivity index (χ0v) is 38.8. The van der Waals surface area contributed by atoms with E-state index in [9.17, 15) is 63.3 Å². The zero-order valence-electron chi connectivity index (χ0n) is 37.9. The largest absolute Gasteiger partial charge is 0.508 e. The van der Waals surface area contributed by atoms with Crippen molar-refractivity contribution in [1.82, 2.24) is 36.4 Å². The molecule has 0 spiro atoms. The number of nitrogens with two attached hydrogens (primary N) is 2. The molecular weight excluding hydrogens is 883 g/mol. The number of nitrogens with one attached hydrogen (secondary N) is 5. The van der Waals surface area contributed by atoms with Gasteiger partial charge in [-0.25, -0.2) is 4.79 Å². The minimum Gasteiger partial charge on any atom is -0.508 e. The Hall–Kier alpha value is -5.97. The number of nitrogens with zero attached hydrogens (tertiary/aromatic N) is 2. The van der Waals surface area contributed by atoms with E-state index in [2.05, 4.69) is 26.6 Å². The molecule has 2 heterocycles. The van der Waals surface area contributed by atoms with E-state index in [1.54, 1.807) is 39.8 Å². The molecule has 0 aromatic heterocycles. The number of hydrogen-bond donors (Lipinski definition) is 10. The standard InChI is InChI=1S/C43H65N9O13S/c1-22(2)18-27(37(58)49-30(20-33(45)54)42(63)52-16-7-9-32(52)40(61)50-35(23(3)4)43(64)65)46-38(59)28(21-34(55)56)47-39(60)31-8-6-15-51(31)41(62)29(19-24-10-12-25(53)13-11-24)48-36(57)26(44)14-17-66-5/h10-13,22-23,26-32,35,53H,6-9,14-21,44H2,1-5H3,(H2,45,54)(H,46,59)(H,47,60)(H,48,57)(H,49,58)(H,50,61)(H,55,56)(H,64,65)/t26-,27-,28-,29-,30-,31-,32-,35-/m0/s1. The third kappa shape index (κ3) is 16.2. The number of primary amides is 1.